The predicted molar refractivity (Wildman–Crippen MR) is 83.9 cm³/mol. The minimum Gasteiger partial charge on any atom is -0.267 e. The Kier molecular flexibility index (Phi) is 3.11. The van der Waals surface area contributed by atoms with E-state index in [0.29, 0.717) is 5.92 Å². The SMILES string of the molecule is C[C@H]1C[C@@]23C=C[C@@H](CC2)C[C@]3(C[Si](C)(C)C)S(=O)(=O)O1. The summed E-state index contributed by atoms with van der Waals surface area (Å²) in [6.45, 7) is 8.72. The first-order valence-corrected chi connectivity index (χ1v) is 12.8. The van der Waals surface area contributed by atoms with Gasteiger partial charge in [-0.2, -0.15) is 8.42 Å². The average molecular weight is 315 g/mol. The first-order valence-electron chi connectivity index (χ1n) is 7.72. The maximum absolute atomic E-state index is 13.0. The van der Waals surface area contributed by atoms with Crippen molar-refractivity contribution in [1.82, 2.24) is 0 Å². The van der Waals surface area contributed by atoms with Gasteiger partial charge in [-0.15, -0.1) is 0 Å². The summed E-state index contributed by atoms with van der Waals surface area (Å²) in [5.74, 6) is 0.431. The molecule has 3 nitrogen and oxygen atoms in total. The van der Waals surface area contributed by atoms with Crippen molar-refractivity contribution in [3.8, 4) is 0 Å². The summed E-state index contributed by atoms with van der Waals surface area (Å²) in [7, 11) is -4.99. The second-order valence-electron chi connectivity index (χ2n) is 8.31. The number of allylic oxidation sites excluding steroid dienone is 2. The van der Waals surface area contributed by atoms with Gasteiger partial charge >= 0.3 is 0 Å². The van der Waals surface area contributed by atoms with Gasteiger partial charge in [-0.1, -0.05) is 31.8 Å². The van der Waals surface area contributed by atoms with Gasteiger partial charge in [0.15, 0.2) is 0 Å². The van der Waals surface area contributed by atoms with Gasteiger partial charge in [-0.25, -0.2) is 0 Å². The van der Waals surface area contributed by atoms with Crippen LogP contribution in [0.15, 0.2) is 12.2 Å². The Morgan fingerprint density at radius 1 is 1.30 bits per heavy atom. The lowest BCUT2D eigenvalue weighted by atomic mass is 9.57. The van der Waals surface area contributed by atoms with Gasteiger partial charge in [-0.05, 0) is 44.6 Å². The van der Waals surface area contributed by atoms with Crippen LogP contribution in [0.5, 0.6) is 0 Å². The molecule has 114 valence electrons. The number of fused-ring (bicyclic) bond motifs is 1. The summed E-state index contributed by atoms with van der Waals surface area (Å²) in [6.07, 6.45) is 8.15. The molecule has 1 saturated carbocycles. The fraction of sp³-hybridized carbons (Fsp3) is 0.867. The highest BCUT2D eigenvalue weighted by Crippen LogP contribution is 2.63. The third kappa shape index (κ3) is 1.96. The Morgan fingerprint density at radius 2 is 2.00 bits per heavy atom. The van der Waals surface area contributed by atoms with Gasteiger partial charge in [0.2, 0.25) is 0 Å². The summed E-state index contributed by atoms with van der Waals surface area (Å²) in [5, 5.41) is 0. The van der Waals surface area contributed by atoms with Crippen LogP contribution in [0.25, 0.3) is 0 Å². The van der Waals surface area contributed by atoms with E-state index in [2.05, 4.69) is 31.8 Å². The minimum atomic E-state index is -3.48. The molecule has 20 heavy (non-hydrogen) atoms. The molecule has 2 bridgehead atoms. The van der Waals surface area contributed by atoms with Crippen molar-refractivity contribution >= 4 is 18.2 Å². The zero-order valence-corrected chi connectivity index (χ0v) is 14.8. The van der Waals surface area contributed by atoms with Crippen LogP contribution in [-0.2, 0) is 14.3 Å². The van der Waals surface area contributed by atoms with E-state index in [1.54, 1.807) is 0 Å². The van der Waals surface area contributed by atoms with Crippen molar-refractivity contribution in [2.75, 3.05) is 0 Å². The van der Waals surface area contributed by atoms with Crippen LogP contribution in [0, 0.1) is 11.3 Å². The summed E-state index contributed by atoms with van der Waals surface area (Å²) >= 11 is 0. The van der Waals surface area contributed by atoms with Crippen molar-refractivity contribution in [3.63, 3.8) is 0 Å². The zero-order chi connectivity index (χ0) is 14.8. The molecule has 0 aromatic rings. The van der Waals surface area contributed by atoms with Crippen LogP contribution < -0.4 is 0 Å². The van der Waals surface area contributed by atoms with Crippen LogP contribution in [0.2, 0.25) is 25.7 Å². The second kappa shape index (κ2) is 4.20. The Bertz CT molecular complexity index is 548. The molecule has 2 fully saturated rings. The van der Waals surface area contributed by atoms with E-state index in [4.69, 9.17) is 4.18 Å². The molecule has 0 aromatic carbocycles. The van der Waals surface area contributed by atoms with Crippen LogP contribution in [0.4, 0.5) is 0 Å². The smallest absolute Gasteiger partial charge is 0.267 e. The minimum absolute atomic E-state index is 0.168. The van der Waals surface area contributed by atoms with Gasteiger partial charge in [0.1, 0.15) is 4.75 Å². The standard InChI is InChI=1S/C15H26O3SSi/c1-12-9-14-7-5-13(6-8-14)10-15(14,11-20(2,3)4)19(16,17)18-12/h5,7,12-13H,6,8-11H2,1-4H3/t12-,13-,14+,15+/m0/s1. The molecular formula is C15H26O3SSi. The highest BCUT2D eigenvalue weighted by Gasteiger charge is 2.66. The molecule has 0 aromatic heterocycles. The quantitative estimate of drug-likeness (QED) is 0.445. The number of hydrogen-bond donors (Lipinski definition) is 0. The van der Waals surface area contributed by atoms with Gasteiger partial charge in [0, 0.05) is 13.5 Å². The molecule has 5 heteroatoms. The molecule has 3 aliphatic carbocycles. The molecule has 0 unspecified atom stereocenters. The lowest BCUT2D eigenvalue weighted by Gasteiger charge is -2.60. The van der Waals surface area contributed by atoms with E-state index >= 15 is 0 Å². The highest BCUT2D eigenvalue weighted by atomic mass is 32.2. The predicted octanol–water partition coefficient (Wildman–Crippen LogP) is 3.56. The van der Waals surface area contributed by atoms with E-state index in [0.717, 1.165) is 31.7 Å². The van der Waals surface area contributed by atoms with Gasteiger partial charge in [0.25, 0.3) is 10.1 Å². The Labute approximate surface area is 123 Å². The number of hydrogen-bond acceptors (Lipinski definition) is 3. The van der Waals surface area contributed by atoms with Crippen molar-refractivity contribution in [2.24, 2.45) is 11.3 Å². The average Bonchev–Trinajstić information content (AvgIpc) is 2.26. The monoisotopic (exact) mass is 314 g/mol. The lowest BCUT2D eigenvalue weighted by molar-refractivity contribution is 0.0353. The van der Waals surface area contributed by atoms with Crippen LogP contribution in [-0.4, -0.2) is 27.3 Å². The van der Waals surface area contributed by atoms with Crippen molar-refractivity contribution in [2.45, 2.75) is 69.1 Å². The van der Waals surface area contributed by atoms with E-state index in [-0.39, 0.29) is 11.5 Å². The van der Waals surface area contributed by atoms with Crippen molar-refractivity contribution in [3.05, 3.63) is 12.2 Å². The van der Waals surface area contributed by atoms with Gasteiger partial charge < -0.3 is 0 Å². The topological polar surface area (TPSA) is 43.4 Å². The molecule has 0 N–H and O–H groups in total. The Hall–Kier alpha value is -0.133. The third-order valence-corrected chi connectivity index (χ3v) is 9.56. The zero-order valence-electron chi connectivity index (χ0n) is 13.0. The molecule has 4 rings (SSSR count). The third-order valence-electron chi connectivity index (χ3n) is 5.39. The second-order valence-corrected chi connectivity index (χ2v) is 15.7. The maximum atomic E-state index is 13.0. The van der Waals surface area contributed by atoms with Crippen LogP contribution in [0.3, 0.4) is 0 Å². The normalized spacial score (nSPS) is 46.2. The molecule has 1 saturated heterocycles. The summed E-state index contributed by atoms with van der Waals surface area (Å²) in [6, 6.07) is 0.829. The summed E-state index contributed by atoms with van der Waals surface area (Å²) < 4.78 is 30.8. The molecule has 0 radical (unpaired) electrons. The van der Waals surface area contributed by atoms with Crippen molar-refractivity contribution in [1.29, 1.82) is 0 Å². The first-order chi connectivity index (χ1) is 9.09. The lowest BCUT2D eigenvalue weighted by Crippen LogP contribution is -2.65. The fourth-order valence-electron chi connectivity index (χ4n) is 4.88. The number of rotatable bonds is 2. The van der Waals surface area contributed by atoms with E-state index in [9.17, 15) is 8.42 Å². The summed E-state index contributed by atoms with van der Waals surface area (Å²) in [4.78, 5) is 0. The molecule has 4 atom stereocenters. The largest absolute Gasteiger partial charge is 0.273 e. The Morgan fingerprint density at radius 3 is 2.55 bits per heavy atom. The Balaban J connectivity index is 2.17. The molecule has 1 spiro atoms. The van der Waals surface area contributed by atoms with Crippen LogP contribution >= 0.6 is 0 Å². The molecule has 0 amide bonds. The van der Waals surface area contributed by atoms with Crippen molar-refractivity contribution < 1.29 is 12.6 Å². The fourth-order valence-corrected chi connectivity index (χ4v) is 10.9. The van der Waals surface area contributed by atoms with E-state index in [1.165, 1.54) is 0 Å². The van der Waals surface area contributed by atoms with Gasteiger partial charge in [-0.3, -0.25) is 4.18 Å². The van der Waals surface area contributed by atoms with Gasteiger partial charge in [0.05, 0.1) is 6.10 Å². The van der Waals surface area contributed by atoms with E-state index in [1.807, 2.05) is 6.92 Å². The molecule has 1 aliphatic heterocycles. The van der Waals surface area contributed by atoms with Crippen LogP contribution in [0.1, 0.15) is 32.6 Å². The summed E-state index contributed by atoms with van der Waals surface area (Å²) in [5.41, 5.74) is -0.168. The first kappa shape index (κ1) is 14.8. The molecule has 4 aliphatic rings. The highest BCUT2D eigenvalue weighted by molar-refractivity contribution is 7.88. The van der Waals surface area contributed by atoms with E-state index < -0.39 is 22.9 Å². The molecular weight excluding hydrogens is 288 g/mol. The maximum Gasteiger partial charge on any atom is 0.273 e. The molecule has 1 heterocycles.